The Morgan fingerprint density at radius 3 is 2.44 bits per heavy atom. The average Bonchev–Trinajstić information content (AvgIpc) is 2.67. The summed E-state index contributed by atoms with van der Waals surface area (Å²) in [7, 11) is 2.67. The molecule has 0 bridgehead atoms. The first-order valence-corrected chi connectivity index (χ1v) is 10.5. The molecule has 2 rings (SSSR count). The second-order valence-corrected chi connectivity index (χ2v) is 8.73. The maximum Gasteiger partial charge on any atom is 0.281 e. The Morgan fingerprint density at radius 1 is 1.15 bits per heavy atom. The number of methoxy groups -OCH3 is 2. The van der Waals surface area contributed by atoms with E-state index in [4.69, 9.17) is 14.2 Å². The number of hydrogen-bond donors (Lipinski definition) is 0. The van der Waals surface area contributed by atoms with Gasteiger partial charge in [0.05, 0.1) is 27.4 Å². The first-order chi connectivity index (χ1) is 12.9. The highest BCUT2D eigenvalue weighted by atomic mass is 32.2. The number of rotatable bonds is 10. The first kappa shape index (κ1) is 21.9. The molecule has 0 aliphatic carbocycles. The third-order valence-corrected chi connectivity index (χ3v) is 6.49. The third kappa shape index (κ3) is 5.79. The topological polar surface area (TPSA) is 71.6 Å². The van der Waals surface area contributed by atoms with Gasteiger partial charge in [0.25, 0.3) is 10.2 Å². The second kappa shape index (κ2) is 10.2. The predicted octanol–water partition coefficient (Wildman–Crippen LogP) is 1.03. The first-order valence-electron chi connectivity index (χ1n) is 9.07. The van der Waals surface area contributed by atoms with E-state index in [2.05, 4.69) is 4.90 Å². The Balaban J connectivity index is 2.13. The Bertz CT molecular complexity index is 690. The highest BCUT2D eigenvalue weighted by Gasteiger charge is 2.26. The van der Waals surface area contributed by atoms with Crippen LogP contribution in [0.2, 0.25) is 0 Å². The summed E-state index contributed by atoms with van der Waals surface area (Å²) in [6.45, 7) is 4.76. The minimum Gasteiger partial charge on any atom is -0.493 e. The molecule has 1 aliphatic heterocycles. The largest absolute Gasteiger partial charge is 0.493 e. The van der Waals surface area contributed by atoms with Crippen molar-refractivity contribution >= 4 is 10.2 Å². The number of hydrogen-bond acceptors (Lipinski definition) is 6. The van der Waals surface area contributed by atoms with Crippen molar-refractivity contribution in [3.63, 3.8) is 0 Å². The molecule has 9 heteroatoms. The lowest BCUT2D eigenvalue weighted by Crippen LogP contribution is -2.42. The van der Waals surface area contributed by atoms with Gasteiger partial charge >= 0.3 is 0 Å². The molecule has 154 valence electrons. The van der Waals surface area contributed by atoms with Crippen LogP contribution in [0.5, 0.6) is 11.5 Å². The predicted molar refractivity (Wildman–Crippen MR) is 104 cm³/mol. The number of ether oxygens (including phenoxy) is 3. The van der Waals surface area contributed by atoms with Crippen LogP contribution >= 0.6 is 0 Å². The van der Waals surface area contributed by atoms with E-state index in [1.807, 2.05) is 12.1 Å². The molecule has 1 fully saturated rings. The normalized spacial score (nSPS) is 16.1. The smallest absolute Gasteiger partial charge is 0.281 e. The van der Waals surface area contributed by atoms with Crippen LogP contribution in [0.25, 0.3) is 0 Å². The summed E-state index contributed by atoms with van der Waals surface area (Å²) in [4.78, 5) is 2.30. The SMILES string of the molecule is COc1cccc(CN(CCCN2CCOCC2)S(=O)(=O)N(C)C)c1OC. The van der Waals surface area contributed by atoms with Gasteiger partial charge in [0.2, 0.25) is 0 Å². The van der Waals surface area contributed by atoms with Crippen molar-refractivity contribution in [3.05, 3.63) is 23.8 Å². The Labute approximate surface area is 162 Å². The highest BCUT2D eigenvalue weighted by molar-refractivity contribution is 7.86. The molecular weight excluding hydrogens is 370 g/mol. The minimum atomic E-state index is -3.56. The fraction of sp³-hybridized carbons (Fsp3) is 0.667. The van der Waals surface area contributed by atoms with Crippen molar-refractivity contribution in [1.29, 1.82) is 0 Å². The third-order valence-electron chi connectivity index (χ3n) is 4.60. The second-order valence-electron chi connectivity index (χ2n) is 6.58. The van der Waals surface area contributed by atoms with E-state index >= 15 is 0 Å². The lowest BCUT2D eigenvalue weighted by atomic mass is 10.2. The number of morpholine rings is 1. The van der Waals surface area contributed by atoms with E-state index in [-0.39, 0.29) is 6.54 Å². The lowest BCUT2D eigenvalue weighted by Gasteiger charge is -2.29. The summed E-state index contributed by atoms with van der Waals surface area (Å²) in [5, 5.41) is 0. The van der Waals surface area contributed by atoms with Crippen molar-refractivity contribution in [1.82, 2.24) is 13.5 Å². The summed E-state index contributed by atoms with van der Waals surface area (Å²) in [5.41, 5.74) is 0.772. The van der Waals surface area contributed by atoms with E-state index in [0.29, 0.717) is 18.0 Å². The van der Waals surface area contributed by atoms with Crippen molar-refractivity contribution in [2.75, 3.05) is 67.7 Å². The maximum atomic E-state index is 12.8. The quantitative estimate of drug-likeness (QED) is 0.583. The van der Waals surface area contributed by atoms with Gasteiger partial charge in [0.1, 0.15) is 0 Å². The van der Waals surface area contributed by atoms with E-state index in [9.17, 15) is 8.42 Å². The molecule has 0 radical (unpaired) electrons. The Morgan fingerprint density at radius 2 is 1.85 bits per heavy atom. The zero-order valence-electron chi connectivity index (χ0n) is 16.7. The standard InChI is InChI=1S/C18H31N3O5S/c1-19(2)27(22,23)21(10-6-9-20-11-13-26-14-12-20)15-16-7-5-8-17(24-3)18(16)25-4/h5,7-8H,6,9-15H2,1-4H3. The Kier molecular flexibility index (Phi) is 8.30. The number of para-hydroxylation sites is 1. The van der Waals surface area contributed by atoms with Gasteiger partial charge in [-0.1, -0.05) is 12.1 Å². The molecule has 0 unspecified atom stereocenters. The minimum absolute atomic E-state index is 0.226. The zero-order chi connectivity index (χ0) is 19.9. The van der Waals surface area contributed by atoms with Gasteiger partial charge in [-0.25, -0.2) is 0 Å². The van der Waals surface area contributed by atoms with Crippen LogP contribution in [-0.2, 0) is 21.5 Å². The molecule has 0 aromatic heterocycles. The van der Waals surface area contributed by atoms with Gasteiger partial charge in [-0.3, -0.25) is 4.90 Å². The van der Waals surface area contributed by atoms with Gasteiger partial charge in [0.15, 0.2) is 11.5 Å². The molecule has 1 heterocycles. The van der Waals surface area contributed by atoms with Crippen LogP contribution in [0.4, 0.5) is 0 Å². The molecule has 0 spiro atoms. The van der Waals surface area contributed by atoms with Gasteiger partial charge in [-0.2, -0.15) is 17.0 Å². The van der Waals surface area contributed by atoms with Crippen molar-refractivity contribution < 1.29 is 22.6 Å². The van der Waals surface area contributed by atoms with Gasteiger partial charge in [0, 0.05) is 45.8 Å². The van der Waals surface area contributed by atoms with Crippen LogP contribution < -0.4 is 9.47 Å². The van der Waals surface area contributed by atoms with Crippen LogP contribution in [0, 0.1) is 0 Å². The van der Waals surface area contributed by atoms with E-state index in [1.165, 1.54) is 8.61 Å². The summed E-state index contributed by atoms with van der Waals surface area (Å²) in [6, 6.07) is 5.50. The van der Waals surface area contributed by atoms with Crippen molar-refractivity contribution in [2.24, 2.45) is 0 Å². The van der Waals surface area contributed by atoms with Gasteiger partial charge in [-0.05, 0) is 19.0 Å². The van der Waals surface area contributed by atoms with Crippen LogP contribution in [0.3, 0.4) is 0 Å². The lowest BCUT2D eigenvalue weighted by molar-refractivity contribution is 0.0368. The summed E-state index contributed by atoms with van der Waals surface area (Å²) in [6.07, 6.45) is 0.749. The summed E-state index contributed by atoms with van der Waals surface area (Å²) in [5.74, 6) is 1.15. The summed E-state index contributed by atoms with van der Waals surface area (Å²) >= 11 is 0. The van der Waals surface area contributed by atoms with E-state index in [0.717, 1.165) is 44.8 Å². The molecular formula is C18H31N3O5S. The molecule has 0 saturated carbocycles. The maximum absolute atomic E-state index is 12.8. The molecule has 0 atom stereocenters. The van der Waals surface area contributed by atoms with E-state index < -0.39 is 10.2 Å². The molecule has 8 nitrogen and oxygen atoms in total. The van der Waals surface area contributed by atoms with Gasteiger partial charge < -0.3 is 14.2 Å². The number of nitrogens with zero attached hydrogens (tertiary/aromatic N) is 3. The highest BCUT2D eigenvalue weighted by Crippen LogP contribution is 2.32. The Hall–Kier alpha value is -1.39. The molecule has 0 amide bonds. The fourth-order valence-electron chi connectivity index (χ4n) is 3.07. The van der Waals surface area contributed by atoms with Crippen LogP contribution in [0.1, 0.15) is 12.0 Å². The average molecular weight is 402 g/mol. The molecule has 1 aromatic carbocycles. The summed E-state index contributed by atoms with van der Waals surface area (Å²) < 4.78 is 44.5. The van der Waals surface area contributed by atoms with Crippen LogP contribution in [0.15, 0.2) is 18.2 Å². The molecule has 27 heavy (non-hydrogen) atoms. The number of benzene rings is 1. The van der Waals surface area contributed by atoms with Crippen LogP contribution in [-0.4, -0.2) is 89.6 Å². The molecule has 1 saturated heterocycles. The molecule has 1 aliphatic rings. The van der Waals surface area contributed by atoms with Gasteiger partial charge in [-0.15, -0.1) is 0 Å². The fourth-order valence-corrected chi connectivity index (χ4v) is 4.19. The van der Waals surface area contributed by atoms with Crippen molar-refractivity contribution in [3.8, 4) is 11.5 Å². The van der Waals surface area contributed by atoms with Crippen molar-refractivity contribution in [2.45, 2.75) is 13.0 Å². The van der Waals surface area contributed by atoms with E-state index in [1.54, 1.807) is 34.4 Å². The monoisotopic (exact) mass is 401 g/mol. The molecule has 1 aromatic rings. The zero-order valence-corrected chi connectivity index (χ0v) is 17.5. The molecule has 0 N–H and O–H groups in total.